The third kappa shape index (κ3) is 7.81. The SMILES string of the molecule is C[C@H](C#N)Nc1cc(Nc2ncc(C#N)cc2Cl)ncc1-n1cc(C2CCC(CCN3CC4(CC(c5ccc(N6CCC(=O)NC6=O)cn5)C4)C3)CC2)nn1. The van der Waals surface area contributed by atoms with Crippen molar-refractivity contribution in [3.8, 4) is 17.8 Å². The van der Waals surface area contributed by atoms with E-state index in [1.165, 1.54) is 31.5 Å². The van der Waals surface area contributed by atoms with Gasteiger partial charge in [-0.15, -0.1) is 5.10 Å². The maximum absolute atomic E-state index is 12.2. The van der Waals surface area contributed by atoms with Crippen LogP contribution in [-0.2, 0) is 4.79 Å². The minimum atomic E-state index is -0.467. The number of hydrogen-bond acceptors (Lipinski definition) is 12. The van der Waals surface area contributed by atoms with Gasteiger partial charge in [0, 0.05) is 55.8 Å². The van der Waals surface area contributed by atoms with E-state index in [2.05, 4.69) is 47.2 Å². The molecule has 55 heavy (non-hydrogen) atoms. The standard InChI is InChI=1S/C39H42ClN13O2/c1-24(16-41)46-32-13-35(47-37-30(40)12-26(17-42)18-45-37)44-20-34(32)53-21-33(49-50-53)27-4-2-25(3-5-27)8-10-51-22-39(23-51)14-28(15-39)31-7-6-29(19-43-31)52-11-9-36(54)48-38(52)55/h6-7,12-13,18-21,24-25,27-28H,2-5,8-11,14-15,22-23H2,1H3,(H,48,54,55)(H2,44,45,46,47)/t24-,25?,27?/m1/s1. The van der Waals surface area contributed by atoms with Gasteiger partial charge in [0.25, 0.3) is 0 Å². The molecule has 2 aliphatic carbocycles. The minimum absolute atomic E-state index is 0.234. The Labute approximate surface area is 324 Å². The molecule has 3 N–H and O–H groups in total. The number of urea groups is 1. The van der Waals surface area contributed by atoms with Crippen LogP contribution >= 0.6 is 11.6 Å². The van der Waals surface area contributed by atoms with E-state index in [1.807, 2.05) is 24.4 Å². The zero-order valence-electron chi connectivity index (χ0n) is 30.6. The van der Waals surface area contributed by atoms with Crippen LogP contribution in [-0.4, -0.2) is 79.0 Å². The summed E-state index contributed by atoms with van der Waals surface area (Å²) in [4.78, 5) is 41.3. The van der Waals surface area contributed by atoms with Gasteiger partial charge in [-0.1, -0.05) is 16.8 Å². The highest BCUT2D eigenvalue weighted by Crippen LogP contribution is 2.56. The van der Waals surface area contributed by atoms with Crippen LogP contribution in [0.15, 0.2) is 49.1 Å². The molecule has 4 aromatic rings. The summed E-state index contributed by atoms with van der Waals surface area (Å²) in [6.45, 7) is 5.63. The lowest BCUT2D eigenvalue weighted by Crippen LogP contribution is -2.61. The summed E-state index contributed by atoms with van der Waals surface area (Å²) in [5.41, 5.74) is 4.89. The Hall–Kier alpha value is -5.64. The molecular formula is C39H42ClN13O2. The number of rotatable bonds is 11. The highest BCUT2D eigenvalue weighted by molar-refractivity contribution is 6.33. The zero-order valence-corrected chi connectivity index (χ0v) is 31.3. The Bertz CT molecular complexity index is 2150. The molecule has 4 aliphatic rings. The van der Waals surface area contributed by atoms with Crippen LogP contribution in [0.25, 0.3) is 5.69 Å². The van der Waals surface area contributed by atoms with Crippen LogP contribution in [0.5, 0.6) is 0 Å². The molecule has 16 heteroatoms. The third-order valence-corrected chi connectivity index (χ3v) is 11.9. The lowest BCUT2D eigenvalue weighted by Gasteiger charge is -2.59. The summed E-state index contributed by atoms with van der Waals surface area (Å²) in [6, 6.07) is 10.7. The van der Waals surface area contributed by atoms with Crippen molar-refractivity contribution in [3.05, 3.63) is 71.0 Å². The van der Waals surface area contributed by atoms with Crippen LogP contribution in [0.2, 0.25) is 5.02 Å². The first-order chi connectivity index (χ1) is 26.7. The Balaban J connectivity index is 0.796. The Morgan fingerprint density at radius 1 is 1.02 bits per heavy atom. The summed E-state index contributed by atoms with van der Waals surface area (Å²) in [7, 11) is 0. The van der Waals surface area contributed by atoms with E-state index < -0.39 is 6.04 Å². The van der Waals surface area contributed by atoms with Crippen molar-refractivity contribution in [2.75, 3.05) is 41.7 Å². The summed E-state index contributed by atoms with van der Waals surface area (Å²) in [5, 5.41) is 36.6. The topological polar surface area (TPSA) is 194 Å². The zero-order chi connectivity index (χ0) is 38.1. The van der Waals surface area contributed by atoms with E-state index >= 15 is 0 Å². The number of amides is 3. The van der Waals surface area contributed by atoms with Gasteiger partial charge in [-0.05, 0) is 87.9 Å². The maximum atomic E-state index is 12.2. The maximum Gasteiger partial charge on any atom is 0.328 e. The number of hydrogen-bond donors (Lipinski definition) is 3. The van der Waals surface area contributed by atoms with Crippen molar-refractivity contribution in [1.29, 1.82) is 10.5 Å². The molecule has 282 valence electrons. The second-order valence-electron chi connectivity index (χ2n) is 15.5. The largest absolute Gasteiger partial charge is 0.368 e. The number of pyridine rings is 3. The number of nitrogens with one attached hydrogen (secondary N) is 3. The summed E-state index contributed by atoms with van der Waals surface area (Å²) in [6.07, 6.45) is 15.2. The van der Waals surface area contributed by atoms with Crippen LogP contribution in [0.1, 0.15) is 87.1 Å². The van der Waals surface area contributed by atoms with Gasteiger partial charge in [0.2, 0.25) is 5.91 Å². The monoisotopic (exact) mass is 759 g/mol. The second-order valence-corrected chi connectivity index (χ2v) is 15.9. The molecule has 2 saturated carbocycles. The van der Waals surface area contributed by atoms with Gasteiger partial charge in [-0.2, -0.15) is 10.5 Å². The Kier molecular flexibility index (Phi) is 10.1. The summed E-state index contributed by atoms with van der Waals surface area (Å²) < 4.78 is 1.72. The van der Waals surface area contributed by atoms with Crippen LogP contribution in [0.4, 0.5) is 27.8 Å². The fraction of sp³-hybridized carbons (Fsp3) is 0.462. The van der Waals surface area contributed by atoms with Crippen LogP contribution < -0.4 is 20.9 Å². The Morgan fingerprint density at radius 3 is 2.55 bits per heavy atom. The van der Waals surface area contributed by atoms with Crippen LogP contribution in [0.3, 0.4) is 0 Å². The van der Waals surface area contributed by atoms with Crippen LogP contribution in [0, 0.1) is 34.0 Å². The third-order valence-electron chi connectivity index (χ3n) is 11.6. The predicted octanol–water partition coefficient (Wildman–Crippen LogP) is 6.03. The van der Waals surface area contributed by atoms with E-state index in [1.54, 1.807) is 35.0 Å². The molecule has 3 amide bonds. The van der Waals surface area contributed by atoms with Gasteiger partial charge < -0.3 is 15.5 Å². The van der Waals surface area contributed by atoms with E-state index in [9.17, 15) is 14.9 Å². The quantitative estimate of drug-likeness (QED) is 0.161. The lowest BCUT2D eigenvalue weighted by atomic mass is 9.57. The van der Waals surface area contributed by atoms with E-state index in [0.717, 1.165) is 62.4 Å². The highest BCUT2D eigenvalue weighted by atomic mass is 35.5. The molecule has 0 radical (unpaired) electrons. The van der Waals surface area contributed by atoms with Crippen molar-refractivity contribution >= 4 is 46.5 Å². The fourth-order valence-electron chi connectivity index (χ4n) is 8.61. The molecule has 4 fully saturated rings. The molecule has 15 nitrogen and oxygen atoms in total. The first-order valence-corrected chi connectivity index (χ1v) is 19.3. The molecule has 2 aliphatic heterocycles. The molecule has 2 saturated heterocycles. The number of carbonyl (C=O) groups is 2. The number of aromatic nitrogens is 6. The molecule has 1 atom stereocenters. The van der Waals surface area contributed by atoms with E-state index in [4.69, 9.17) is 21.8 Å². The number of imide groups is 1. The van der Waals surface area contributed by atoms with Crippen molar-refractivity contribution in [1.82, 2.24) is 40.2 Å². The normalized spacial score (nSPS) is 21.5. The number of anilines is 4. The number of nitrogens with zero attached hydrogens (tertiary/aromatic N) is 10. The van der Waals surface area contributed by atoms with Gasteiger partial charge in [-0.25, -0.2) is 19.4 Å². The van der Waals surface area contributed by atoms with Crippen molar-refractivity contribution in [3.63, 3.8) is 0 Å². The predicted molar refractivity (Wildman–Crippen MR) is 205 cm³/mol. The smallest absolute Gasteiger partial charge is 0.328 e. The van der Waals surface area contributed by atoms with E-state index in [-0.39, 0.29) is 11.9 Å². The second kappa shape index (κ2) is 15.2. The summed E-state index contributed by atoms with van der Waals surface area (Å²) in [5.74, 6) is 2.13. The van der Waals surface area contributed by atoms with Crippen molar-refractivity contribution in [2.24, 2.45) is 11.3 Å². The summed E-state index contributed by atoms with van der Waals surface area (Å²) >= 11 is 6.32. The van der Waals surface area contributed by atoms with E-state index in [0.29, 0.717) is 69.7 Å². The number of nitriles is 2. The van der Waals surface area contributed by atoms with Gasteiger partial charge in [0.05, 0.1) is 52.3 Å². The first kappa shape index (κ1) is 36.3. The molecule has 0 unspecified atom stereocenters. The van der Waals surface area contributed by atoms with Gasteiger partial charge in [-0.3, -0.25) is 20.0 Å². The molecule has 1 spiro atoms. The molecule has 6 heterocycles. The molecule has 0 aromatic carbocycles. The highest BCUT2D eigenvalue weighted by Gasteiger charge is 2.52. The molecular weight excluding hydrogens is 718 g/mol. The van der Waals surface area contributed by atoms with Crippen molar-refractivity contribution < 1.29 is 9.59 Å². The fourth-order valence-corrected chi connectivity index (χ4v) is 8.82. The molecule has 8 rings (SSSR count). The number of carbonyl (C=O) groups excluding carboxylic acids is 2. The average Bonchev–Trinajstić information content (AvgIpc) is 3.65. The van der Waals surface area contributed by atoms with Gasteiger partial charge >= 0.3 is 6.03 Å². The molecule has 0 bridgehead atoms. The first-order valence-electron chi connectivity index (χ1n) is 18.9. The average molecular weight is 760 g/mol. The lowest BCUT2D eigenvalue weighted by molar-refractivity contribution is -0.120. The molecule has 4 aromatic heterocycles. The Morgan fingerprint density at radius 2 is 1.84 bits per heavy atom. The van der Waals surface area contributed by atoms with Gasteiger partial charge in [0.15, 0.2) is 0 Å². The minimum Gasteiger partial charge on any atom is -0.368 e. The number of likely N-dealkylation sites (tertiary alicyclic amines) is 1. The number of halogens is 1. The van der Waals surface area contributed by atoms with Gasteiger partial charge in [0.1, 0.15) is 29.4 Å². The van der Waals surface area contributed by atoms with Crippen molar-refractivity contribution in [2.45, 2.75) is 76.2 Å².